The maximum absolute atomic E-state index is 11.8. The number of nitrogens with zero attached hydrogens (tertiary/aromatic N) is 1. The number of urea groups is 1. The molecule has 0 bridgehead atoms. The van der Waals surface area contributed by atoms with Crippen molar-refractivity contribution in [2.45, 2.75) is 20.8 Å². The van der Waals surface area contributed by atoms with Crippen molar-refractivity contribution in [3.63, 3.8) is 0 Å². The zero-order valence-electron chi connectivity index (χ0n) is 12.2. The first kappa shape index (κ1) is 16.4. The molecule has 20 heavy (non-hydrogen) atoms. The van der Waals surface area contributed by atoms with Gasteiger partial charge in [0.2, 0.25) is 0 Å². The summed E-state index contributed by atoms with van der Waals surface area (Å²) in [5.41, 5.74) is 8.48. The van der Waals surface area contributed by atoms with Crippen LogP contribution in [0.3, 0.4) is 0 Å². The second kappa shape index (κ2) is 8.47. The first-order chi connectivity index (χ1) is 9.54. The predicted octanol–water partition coefficient (Wildman–Crippen LogP) is 2.49. The Labute approximate surface area is 124 Å². The molecule has 0 aromatic heterocycles. The summed E-state index contributed by atoms with van der Waals surface area (Å²) in [5, 5.41) is 5.32. The number of hydrogen-bond acceptors (Lipinski definition) is 3. The Morgan fingerprint density at radius 2 is 2.00 bits per heavy atom. The number of carbonyl (C=O) groups excluding carboxylic acids is 1. The lowest BCUT2D eigenvalue weighted by Crippen LogP contribution is -2.40. The van der Waals surface area contributed by atoms with Gasteiger partial charge in [-0.15, -0.1) is 0 Å². The molecule has 5 nitrogen and oxygen atoms in total. The summed E-state index contributed by atoms with van der Waals surface area (Å²) in [6.45, 7) is 6.59. The van der Waals surface area contributed by atoms with Gasteiger partial charge in [-0.3, -0.25) is 10.3 Å². The highest BCUT2D eigenvalue weighted by atomic mass is 32.2. The monoisotopic (exact) mass is 294 g/mol. The standard InChI is InChI=1S/C14H22N4OS/c1-4-20-9-8-16-13(15)18-14(19)17-12-10(2)6-5-7-11(12)3/h5-7H,4,8-9H2,1-3H3,(H4,15,16,17,18,19). The Bertz CT molecular complexity index is 468. The topological polar surface area (TPSA) is 79.5 Å². The largest absolute Gasteiger partial charge is 0.370 e. The molecule has 110 valence electrons. The van der Waals surface area contributed by atoms with Crippen LogP contribution >= 0.6 is 11.8 Å². The van der Waals surface area contributed by atoms with E-state index in [1.807, 2.05) is 32.0 Å². The van der Waals surface area contributed by atoms with Crippen molar-refractivity contribution in [1.82, 2.24) is 5.32 Å². The summed E-state index contributed by atoms with van der Waals surface area (Å²) in [6.07, 6.45) is 0. The minimum absolute atomic E-state index is 0.144. The number of carbonyl (C=O) groups is 1. The molecule has 0 radical (unpaired) electrons. The van der Waals surface area contributed by atoms with Crippen LogP contribution in [-0.2, 0) is 0 Å². The van der Waals surface area contributed by atoms with Crippen LogP contribution in [0.1, 0.15) is 18.1 Å². The zero-order chi connectivity index (χ0) is 15.0. The number of aliphatic imine (C=N–C) groups is 1. The number of nitrogens with two attached hydrogens (primary N) is 1. The Kier molecular flexibility index (Phi) is 6.93. The van der Waals surface area contributed by atoms with Crippen molar-refractivity contribution in [3.8, 4) is 0 Å². The molecule has 0 aliphatic heterocycles. The lowest BCUT2D eigenvalue weighted by Gasteiger charge is -2.12. The number of rotatable bonds is 5. The minimum atomic E-state index is -0.369. The van der Waals surface area contributed by atoms with Crippen molar-refractivity contribution in [2.75, 3.05) is 23.4 Å². The Morgan fingerprint density at radius 3 is 2.60 bits per heavy atom. The Balaban J connectivity index is 2.51. The first-order valence-corrected chi connectivity index (χ1v) is 7.72. The number of hydrogen-bond donors (Lipinski definition) is 3. The van der Waals surface area contributed by atoms with Gasteiger partial charge in [0.1, 0.15) is 0 Å². The highest BCUT2D eigenvalue weighted by molar-refractivity contribution is 7.99. The fraction of sp³-hybridized carbons (Fsp3) is 0.429. The Morgan fingerprint density at radius 1 is 1.35 bits per heavy atom. The van der Waals surface area contributed by atoms with E-state index in [0.717, 1.165) is 28.3 Å². The fourth-order valence-electron chi connectivity index (χ4n) is 1.69. The molecule has 0 fully saturated rings. The lowest BCUT2D eigenvalue weighted by molar-refractivity contribution is 0.256. The van der Waals surface area contributed by atoms with E-state index in [4.69, 9.17) is 5.73 Å². The second-order valence-electron chi connectivity index (χ2n) is 4.31. The van der Waals surface area contributed by atoms with Crippen molar-refractivity contribution in [1.29, 1.82) is 0 Å². The predicted molar refractivity (Wildman–Crippen MR) is 87.6 cm³/mol. The lowest BCUT2D eigenvalue weighted by atomic mass is 10.1. The van der Waals surface area contributed by atoms with Crippen molar-refractivity contribution in [2.24, 2.45) is 10.7 Å². The van der Waals surface area contributed by atoms with E-state index < -0.39 is 0 Å². The fourth-order valence-corrected chi connectivity index (χ4v) is 2.20. The highest BCUT2D eigenvalue weighted by Crippen LogP contribution is 2.18. The summed E-state index contributed by atoms with van der Waals surface area (Å²) in [6, 6.07) is 5.48. The zero-order valence-corrected chi connectivity index (χ0v) is 13.0. The van der Waals surface area contributed by atoms with Crippen LogP contribution in [0, 0.1) is 13.8 Å². The number of thioether (sulfide) groups is 1. The first-order valence-electron chi connectivity index (χ1n) is 6.56. The van der Waals surface area contributed by atoms with Crippen LogP contribution in [0.15, 0.2) is 23.2 Å². The molecule has 1 rings (SSSR count). The van der Waals surface area contributed by atoms with Gasteiger partial charge < -0.3 is 11.1 Å². The number of anilines is 1. The molecule has 0 saturated heterocycles. The van der Waals surface area contributed by atoms with E-state index in [2.05, 4.69) is 22.5 Å². The van der Waals surface area contributed by atoms with Gasteiger partial charge in [-0.25, -0.2) is 4.79 Å². The van der Waals surface area contributed by atoms with Gasteiger partial charge in [0.05, 0.1) is 6.54 Å². The normalized spacial score (nSPS) is 11.2. The SMILES string of the molecule is CCSCCN=C(N)NC(=O)Nc1c(C)cccc1C. The number of guanidine groups is 1. The van der Waals surface area contributed by atoms with E-state index in [0.29, 0.717) is 6.54 Å². The molecule has 4 N–H and O–H groups in total. The van der Waals surface area contributed by atoms with Gasteiger partial charge in [0, 0.05) is 11.4 Å². The third-order valence-electron chi connectivity index (χ3n) is 2.68. The summed E-state index contributed by atoms with van der Waals surface area (Å²) in [7, 11) is 0. The average Bonchev–Trinajstić information content (AvgIpc) is 2.39. The number of nitrogens with one attached hydrogen (secondary N) is 2. The molecule has 1 aromatic rings. The van der Waals surface area contributed by atoms with E-state index in [1.54, 1.807) is 11.8 Å². The van der Waals surface area contributed by atoms with Gasteiger partial charge >= 0.3 is 6.03 Å². The van der Waals surface area contributed by atoms with Crippen molar-refractivity contribution < 1.29 is 4.79 Å². The second-order valence-corrected chi connectivity index (χ2v) is 5.70. The van der Waals surface area contributed by atoms with Crippen LogP contribution in [0.25, 0.3) is 0 Å². The van der Waals surface area contributed by atoms with Gasteiger partial charge in [0.25, 0.3) is 0 Å². The summed E-state index contributed by atoms with van der Waals surface area (Å²) in [4.78, 5) is 15.9. The summed E-state index contributed by atoms with van der Waals surface area (Å²) in [5.74, 6) is 2.10. The van der Waals surface area contributed by atoms with Crippen LogP contribution < -0.4 is 16.4 Å². The molecule has 1 aromatic carbocycles. The Hall–Kier alpha value is -1.69. The molecule has 0 spiro atoms. The molecular formula is C14H22N4OS. The molecule has 0 saturated carbocycles. The van der Waals surface area contributed by atoms with E-state index in [1.165, 1.54) is 0 Å². The number of aryl methyl sites for hydroxylation is 2. The van der Waals surface area contributed by atoms with Gasteiger partial charge in [-0.1, -0.05) is 25.1 Å². The number of benzene rings is 1. The third-order valence-corrected chi connectivity index (χ3v) is 3.56. The average molecular weight is 294 g/mol. The molecule has 6 heteroatoms. The molecule has 0 aliphatic carbocycles. The molecule has 0 heterocycles. The van der Waals surface area contributed by atoms with Gasteiger partial charge in [0.15, 0.2) is 5.96 Å². The van der Waals surface area contributed by atoms with Crippen molar-refractivity contribution in [3.05, 3.63) is 29.3 Å². The number of amides is 2. The highest BCUT2D eigenvalue weighted by Gasteiger charge is 2.07. The van der Waals surface area contributed by atoms with E-state index >= 15 is 0 Å². The molecule has 0 aliphatic rings. The van der Waals surface area contributed by atoms with Crippen LogP contribution in [-0.4, -0.2) is 30.0 Å². The molecular weight excluding hydrogens is 272 g/mol. The summed E-state index contributed by atoms with van der Waals surface area (Å²) < 4.78 is 0. The molecule has 2 amide bonds. The van der Waals surface area contributed by atoms with E-state index in [9.17, 15) is 4.79 Å². The molecule has 0 atom stereocenters. The van der Waals surface area contributed by atoms with Crippen LogP contribution in [0.5, 0.6) is 0 Å². The minimum Gasteiger partial charge on any atom is -0.370 e. The quantitative estimate of drug-likeness (QED) is 0.443. The maximum Gasteiger partial charge on any atom is 0.326 e. The van der Waals surface area contributed by atoms with Crippen LogP contribution in [0.2, 0.25) is 0 Å². The third kappa shape index (κ3) is 5.52. The molecule has 0 unspecified atom stereocenters. The summed E-state index contributed by atoms with van der Waals surface area (Å²) >= 11 is 1.78. The number of para-hydroxylation sites is 1. The van der Waals surface area contributed by atoms with Crippen molar-refractivity contribution >= 4 is 29.4 Å². The van der Waals surface area contributed by atoms with Gasteiger partial charge in [-0.2, -0.15) is 11.8 Å². The van der Waals surface area contributed by atoms with Gasteiger partial charge in [-0.05, 0) is 30.7 Å². The van der Waals surface area contributed by atoms with E-state index in [-0.39, 0.29) is 12.0 Å². The maximum atomic E-state index is 11.8. The van der Waals surface area contributed by atoms with Crippen LogP contribution in [0.4, 0.5) is 10.5 Å². The smallest absolute Gasteiger partial charge is 0.326 e.